The van der Waals surface area contributed by atoms with Crippen molar-refractivity contribution in [3.05, 3.63) is 84.5 Å². The Morgan fingerprint density at radius 1 is 0.756 bits per heavy atom. The van der Waals surface area contributed by atoms with Gasteiger partial charge in [-0.3, -0.25) is 9.36 Å². The van der Waals surface area contributed by atoms with Crippen molar-refractivity contribution in [2.45, 2.75) is 32.1 Å². The third-order valence-electron chi connectivity index (χ3n) is 6.66. The van der Waals surface area contributed by atoms with E-state index in [1.54, 1.807) is 22.0 Å². The first-order valence-electron chi connectivity index (χ1n) is 13.5. The van der Waals surface area contributed by atoms with Crippen LogP contribution in [-0.4, -0.2) is 42.6 Å². The molecule has 0 spiro atoms. The summed E-state index contributed by atoms with van der Waals surface area (Å²) in [6.07, 6.45) is 14.3. The molecular weight excluding hydrogens is 538 g/mol. The van der Waals surface area contributed by atoms with E-state index in [0.29, 0.717) is 0 Å². The Hall–Kier alpha value is -4.35. The second kappa shape index (κ2) is 15.4. The van der Waals surface area contributed by atoms with Gasteiger partial charge in [0.2, 0.25) is 0 Å². The van der Waals surface area contributed by atoms with E-state index in [4.69, 9.17) is 5.53 Å². The highest BCUT2D eigenvalue weighted by Crippen LogP contribution is 2.28. The number of nitrogens with one attached hydrogen (secondary N) is 2. The minimum absolute atomic E-state index is 0.781. The number of allylic oxidation sites excluding steroid dienone is 2. The third kappa shape index (κ3) is 8.82. The van der Waals surface area contributed by atoms with Gasteiger partial charge in [0, 0.05) is 31.8 Å². The summed E-state index contributed by atoms with van der Waals surface area (Å²) in [6, 6.07) is 17.1. The van der Waals surface area contributed by atoms with E-state index in [-0.39, 0.29) is 0 Å². The van der Waals surface area contributed by atoms with E-state index in [1.807, 2.05) is 14.1 Å². The van der Waals surface area contributed by atoms with E-state index in [9.17, 15) is 0 Å². The molecule has 0 radical (unpaired) electrons. The zero-order valence-corrected chi connectivity index (χ0v) is 24.0. The van der Waals surface area contributed by atoms with Crippen molar-refractivity contribution in [3.63, 3.8) is 0 Å². The first kappa shape index (κ1) is 29.6. The number of hydrogen-bond donors (Lipinski definition) is 2. The number of aromatic nitrogens is 6. The number of hydrogen-bond acceptors (Lipinski definition) is 7. The summed E-state index contributed by atoms with van der Waals surface area (Å²) in [5.41, 5.74) is 13.6. The first-order valence-corrected chi connectivity index (χ1v) is 13.8. The second-order valence-electron chi connectivity index (χ2n) is 9.56. The highest BCUT2D eigenvalue weighted by molar-refractivity contribution is 6.13. The predicted octanol–water partition coefficient (Wildman–Crippen LogP) is 6.84. The summed E-state index contributed by atoms with van der Waals surface area (Å²) in [4.78, 5) is 8.52. The molecule has 0 bridgehead atoms. The average Bonchev–Trinajstić information content (AvgIpc) is 3.67. The molecule has 3 heterocycles. The summed E-state index contributed by atoms with van der Waals surface area (Å²) in [5, 5.41) is 17.0. The molecule has 0 unspecified atom stereocenters. The Balaban J connectivity index is 0.000000163. The zero-order valence-electron chi connectivity index (χ0n) is 23.3. The van der Waals surface area contributed by atoms with E-state index < -0.39 is 0 Å². The molecule has 4 aromatic rings. The van der Waals surface area contributed by atoms with Crippen molar-refractivity contribution in [2.24, 2.45) is 29.2 Å². The van der Waals surface area contributed by atoms with Crippen molar-refractivity contribution in [1.82, 2.24) is 34.8 Å². The largest absolute Gasteiger partial charge is 0.313 e. The number of halogens is 1. The standard InChI is InChI=1S/C15H17N3.C14H16N4.ClHN4/c1-18-11-16-15(17-18)14-9-7-13(8-10-14)12-5-3-2-4-6-12;1-18-10-16-14(17-18)13-4-2-11(3-5-13)12-6-8-15-9-7-12;1-3-5-4-2/h5,7-11H,2-4,6H2,1H3;2-6,10,15H,7-9H2,1H3;2H. The van der Waals surface area contributed by atoms with Crippen molar-refractivity contribution in [3.8, 4) is 22.8 Å². The van der Waals surface area contributed by atoms with E-state index in [0.717, 1.165) is 42.3 Å². The Morgan fingerprint density at radius 2 is 1.29 bits per heavy atom. The van der Waals surface area contributed by atoms with Crippen LogP contribution in [0.3, 0.4) is 0 Å². The molecular formula is C29H34ClN11. The fourth-order valence-corrected chi connectivity index (χ4v) is 4.65. The van der Waals surface area contributed by atoms with E-state index >= 15 is 0 Å². The monoisotopic (exact) mass is 571 g/mol. The summed E-state index contributed by atoms with van der Waals surface area (Å²) < 4.78 is 6.05. The van der Waals surface area contributed by atoms with Crippen LogP contribution in [0.4, 0.5) is 0 Å². The maximum absolute atomic E-state index is 5.88. The van der Waals surface area contributed by atoms with Gasteiger partial charge in [-0.05, 0) is 71.4 Å². The molecule has 0 atom stereocenters. The van der Waals surface area contributed by atoms with Gasteiger partial charge < -0.3 is 5.32 Å². The van der Waals surface area contributed by atoms with Crippen LogP contribution in [0, 0.1) is 5.53 Å². The van der Waals surface area contributed by atoms with E-state index in [2.05, 4.69) is 113 Å². The Labute approximate surface area is 244 Å². The van der Waals surface area contributed by atoms with Crippen LogP contribution in [0.2, 0.25) is 0 Å². The molecule has 0 amide bonds. The molecule has 2 aromatic carbocycles. The third-order valence-corrected chi connectivity index (χ3v) is 6.73. The SMILES string of the molecule is Cn1cnc(-c2ccc(C3=CCCCC3)cc2)n1.Cn1cnc(-c2ccc(C3=CCNCC3)cc2)n1.N=NN=NCl. The molecule has 6 rings (SSSR count). The molecule has 0 saturated heterocycles. The molecule has 212 valence electrons. The highest BCUT2D eigenvalue weighted by atomic mass is 35.5. The lowest BCUT2D eigenvalue weighted by Gasteiger charge is -2.14. The van der Waals surface area contributed by atoms with Crippen LogP contribution >= 0.6 is 11.8 Å². The average molecular weight is 572 g/mol. The molecule has 11 nitrogen and oxygen atoms in total. The number of benzene rings is 2. The Bertz CT molecular complexity index is 1380. The van der Waals surface area contributed by atoms with E-state index in [1.165, 1.54) is 48.0 Å². The van der Waals surface area contributed by atoms with Crippen LogP contribution in [0.5, 0.6) is 0 Å². The molecule has 12 heteroatoms. The molecule has 0 fully saturated rings. The summed E-state index contributed by atoms with van der Waals surface area (Å²) >= 11 is 4.55. The van der Waals surface area contributed by atoms with Crippen LogP contribution in [0.1, 0.15) is 43.2 Å². The van der Waals surface area contributed by atoms with Crippen LogP contribution < -0.4 is 5.32 Å². The second-order valence-corrected chi connectivity index (χ2v) is 9.71. The lowest BCUT2D eigenvalue weighted by atomic mass is 9.93. The van der Waals surface area contributed by atoms with Gasteiger partial charge in [-0.1, -0.05) is 65.3 Å². The van der Waals surface area contributed by atoms with Crippen LogP contribution in [0.25, 0.3) is 33.9 Å². The molecule has 0 saturated carbocycles. The van der Waals surface area contributed by atoms with Crippen molar-refractivity contribution >= 4 is 22.9 Å². The summed E-state index contributed by atoms with van der Waals surface area (Å²) in [6.45, 7) is 2.04. The first-order chi connectivity index (χ1) is 20.1. The number of rotatable bonds is 5. The fourth-order valence-electron chi connectivity index (χ4n) is 4.61. The van der Waals surface area contributed by atoms with Crippen molar-refractivity contribution in [1.29, 1.82) is 5.53 Å². The normalized spacial score (nSPS) is 14.7. The molecule has 2 N–H and O–H groups in total. The minimum atomic E-state index is 0.781. The maximum Gasteiger partial charge on any atom is 0.181 e. The Morgan fingerprint density at radius 3 is 1.66 bits per heavy atom. The van der Waals surface area contributed by atoms with Crippen LogP contribution in [0.15, 0.2) is 88.4 Å². The van der Waals surface area contributed by atoms with Gasteiger partial charge in [0.25, 0.3) is 0 Å². The highest BCUT2D eigenvalue weighted by Gasteiger charge is 2.09. The molecule has 1 aliphatic carbocycles. The molecule has 41 heavy (non-hydrogen) atoms. The molecule has 2 aliphatic rings. The van der Waals surface area contributed by atoms with Gasteiger partial charge in [-0.25, -0.2) is 9.97 Å². The molecule has 2 aromatic heterocycles. The van der Waals surface area contributed by atoms with Gasteiger partial charge in [-0.15, -0.1) is 0 Å². The van der Waals surface area contributed by atoms with Gasteiger partial charge in [0.1, 0.15) is 12.7 Å². The lowest BCUT2D eigenvalue weighted by molar-refractivity contribution is 0.738. The van der Waals surface area contributed by atoms with Gasteiger partial charge >= 0.3 is 0 Å². The van der Waals surface area contributed by atoms with Crippen LogP contribution in [-0.2, 0) is 14.1 Å². The van der Waals surface area contributed by atoms with Gasteiger partial charge in [-0.2, -0.15) is 15.7 Å². The van der Waals surface area contributed by atoms with Gasteiger partial charge in [0.15, 0.2) is 11.6 Å². The predicted molar refractivity (Wildman–Crippen MR) is 161 cm³/mol. The summed E-state index contributed by atoms with van der Waals surface area (Å²) in [7, 11) is 3.77. The van der Waals surface area contributed by atoms with Gasteiger partial charge in [0.05, 0.1) is 11.8 Å². The Kier molecular flexibility index (Phi) is 11.2. The smallest absolute Gasteiger partial charge is 0.181 e. The zero-order chi connectivity index (χ0) is 28.9. The number of nitrogens with zero attached hydrogens (tertiary/aromatic N) is 9. The van der Waals surface area contributed by atoms with Crippen molar-refractivity contribution in [2.75, 3.05) is 13.1 Å². The minimum Gasteiger partial charge on any atom is -0.313 e. The molecule has 1 aliphatic heterocycles. The number of aryl methyl sites for hydroxylation is 2. The summed E-state index contributed by atoms with van der Waals surface area (Å²) in [5.74, 6) is 1.57. The lowest BCUT2D eigenvalue weighted by Crippen LogP contribution is -2.19. The van der Waals surface area contributed by atoms with Crippen molar-refractivity contribution < 1.29 is 0 Å². The quantitative estimate of drug-likeness (QED) is 0.200. The maximum atomic E-state index is 5.88. The fraction of sp³-hybridized carbons (Fsp3) is 0.310. The topological polar surface area (TPSA) is 134 Å².